The largest absolute Gasteiger partial charge is 0.493 e. The number of hydrogen-bond acceptors (Lipinski definition) is 6. The number of hydrogen-bond donors (Lipinski definition) is 1. The summed E-state index contributed by atoms with van der Waals surface area (Å²) >= 11 is 0. The number of alkyl halides is 3. The third-order valence-corrected chi connectivity index (χ3v) is 5.53. The lowest BCUT2D eigenvalue weighted by atomic mass is 10.1. The van der Waals surface area contributed by atoms with Crippen molar-refractivity contribution < 1.29 is 32.2 Å². The molecule has 3 rings (SSSR count). The number of piperazine rings is 1. The first-order valence-corrected chi connectivity index (χ1v) is 10.4. The van der Waals surface area contributed by atoms with Gasteiger partial charge in [0.05, 0.1) is 44.1 Å². The summed E-state index contributed by atoms with van der Waals surface area (Å²) in [4.78, 5) is 16.3. The van der Waals surface area contributed by atoms with Crippen LogP contribution in [0.1, 0.15) is 11.1 Å². The van der Waals surface area contributed by atoms with Gasteiger partial charge in [-0.05, 0) is 30.3 Å². The number of benzene rings is 2. The molecule has 11 heteroatoms. The monoisotopic (exact) mass is 478 g/mol. The van der Waals surface area contributed by atoms with Gasteiger partial charge in [0, 0.05) is 44.2 Å². The lowest BCUT2D eigenvalue weighted by molar-refractivity contribution is -0.137. The molecule has 8 nitrogen and oxygen atoms in total. The van der Waals surface area contributed by atoms with Crippen LogP contribution in [-0.4, -0.2) is 64.5 Å². The van der Waals surface area contributed by atoms with Gasteiger partial charge in [-0.2, -0.15) is 18.4 Å². The molecule has 1 heterocycles. The van der Waals surface area contributed by atoms with Crippen LogP contribution in [-0.2, 0) is 10.9 Å². The van der Waals surface area contributed by atoms with E-state index in [0.29, 0.717) is 29.4 Å². The summed E-state index contributed by atoms with van der Waals surface area (Å²) in [5.74, 6) is 0.979. The van der Waals surface area contributed by atoms with Gasteiger partial charge >= 0.3 is 12.2 Å². The molecule has 34 heavy (non-hydrogen) atoms. The van der Waals surface area contributed by atoms with Crippen LogP contribution < -0.4 is 19.7 Å². The number of nitrogens with zero attached hydrogens (tertiary/aromatic N) is 3. The first kappa shape index (κ1) is 25.0. The molecule has 1 unspecified atom stereocenters. The maximum absolute atomic E-state index is 13.4. The van der Waals surface area contributed by atoms with E-state index in [1.807, 2.05) is 0 Å². The molecule has 1 fully saturated rings. The second-order valence-electron chi connectivity index (χ2n) is 7.59. The fourth-order valence-corrected chi connectivity index (χ4v) is 3.86. The molecule has 2 aromatic carbocycles. The van der Waals surface area contributed by atoms with Gasteiger partial charge in [0.1, 0.15) is 0 Å². The number of carbonyl (C=O) groups excluding carboxylic acids is 1. The van der Waals surface area contributed by atoms with Gasteiger partial charge in [-0.1, -0.05) is 0 Å². The zero-order valence-electron chi connectivity index (χ0n) is 19.0. The summed E-state index contributed by atoms with van der Waals surface area (Å²) in [6, 6.07) is 9.40. The highest BCUT2D eigenvalue weighted by molar-refractivity contribution is 5.90. The van der Waals surface area contributed by atoms with Gasteiger partial charge in [0.15, 0.2) is 11.5 Å². The molecular weight excluding hydrogens is 453 g/mol. The average molecular weight is 478 g/mol. The van der Waals surface area contributed by atoms with Gasteiger partial charge in [-0.3, -0.25) is 0 Å². The van der Waals surface area contributed by atoms with Crippen LogP contribution >= 0.6 is 0 Å². The van der Waals surface area contributed by atoms with E-state index in [1.165, 1.54) is 33.5 Å². The molecule has 0 spiro atoms. The minimum absolute atomic E-state index is 0.193. The highest BCUT2D eigenvalue weighted by Gasteiger charge is 2.36. The van der Waals surface area contributed by atoms with Crippen molar-refractivity contribution in [1.82, 2.24) is 4.90 Å². The fourth-order valence-electron chi connectivity index (χ4n) is 3.86. The van der Waals surface area contributed by atoms with Crippen molar-refractivity contribution in [3.63, 3.8) is 0 Å². The van der Waals surface area contributed by atoms with E-state index >= 15 is 0 Å². The standard InChI is InChI=1S/C23H25F3N4O4/c1-32-14-18-13-29(17-6-4-15(12-27)19(11-17)23(24,25)26)8-9-30(18)22(31)28-16-5-7-20(33-2)21(10-16)34-3/h4-7,10-11,18H,8-9,13-14H2,1-3H3,(H,28,31). The Morgan fingerprint density at radius 3 is 2.47 bits per heavy atom. The van der Waals surface area contributed by atoms with Crippen LogP contribution in [0.15, 0.2) is 36.4 Å². The average Bonchev–Trinajstić information content (AvgIpc) is 2.83. The number of ether oxygens (including phenoxy) is 3. The number of rotatable bonds is 6. The van der Waals surface area contributed by atoms with E-state index < -0.39 is 23.3 Å². The van der Waals surface area contributed by atoms with Crippen LogP contribution in [0, 0.1) is 11.3 Å². The molecule has 1 saturated heterocycles. The van der Waals surface area contributed by atoms with E-state index in [2.05, 4.69) is 5.32 Å². The minimum Gasteiger partial charge on any atom is -0.493 e. The Bertz CT molecular complexity index is 1070. The van der Waals surface area contributed by atoms with Gasteiger partial charge in [-0.15, -0.1) is 0 Å². The third-order valence-electron chi connectivity index (χ3n) is 5.53. The van der Waals surface area contributed by atoms with Crippen molar-refractivity contribution in [2.24, 2.45) is 0 Å². The number of nitriles is 1. The van der Waals surface area contributed by atoms with Crippen LogP contribution in [0.5, 0.6) is 11.5 Å². The smallest absolute Gasteiger partial charge is 0.417 e. The fraction of sp³-hybridized carbons (Fsp3) is 0.391. The SMILES string of the molecule is COCC1CN(c2ccc(C#N)c(C(F)(F)F)c2)CCN1C(=O)Nc1ccc(OC)c(OC)c1. The van der Waals surface area contributed by atoms with E-state index in [-0.39, 0.29) is 25.7 Å². The molecule has 1 atom stereocenters. The van der Waals surface area contributed by atoms with Crippen molar-refractivity contribution in [2.75, 3.05) is 57.8 Å². The summed E-state index contributed by atoms with van der Waals surface area (Å²) in [5, 5.41) is 11.8. The molecule has 2 aromatic rings. The Balaban J connectivity index is 1.78. The molecular formula is C23H25F3N4O4. The normalized spacial score (nSPS) is 16.1. The van der Waals surface area contributed by atoms with Crippen LogP contribution in [0.2, 0.25) is 0 Å². The number of carbonyl (C=O) groups is 1. The molecule has 1 N–H and O–H groups in total. The minimum atomic E-state index is -4.64. The predicted molar refractivity (Wildman–Crippen MR) is 119 cm³/mol. The maximum Gasteiger partial charge on any atom is 0.417 e. The summed E-state index contributed by atoms with van der Waals surface area (Å²) < 4.78 is 55.9. The highest BCUT2D eigenvalue weighted by Crippen LogP contribution is 2.35. The molecule has 0 bridgehead atoms. The van der Waals surface area contributed by atoms with Crippen molar-refractivity contribution >= 4 is 17.4 Å². The van der Waals surface area contributed by atoms with Crippen molar-refractivity contribution in [2.45, 2.75) is 12.2 Å². The van der Waals surface area contributed by atoms with E-state index in [9.17, 15) is 18.0 Å². The lowest BCUT2D eigenvalue weighted by Crippen LogP contribution is -2.58. The van der Waals surface area contributed by atoms with Gasteiger partial charge in [-0.25, -0.2) is 4.79 Å². The highest BCUT2D eigenvalue weighted by atomic mass is 19.4. The maximum atomic E-state index is 13.4. The second kappa shape index (κ2) is 10.5. The molecule has 1 aliphatic rings. The van der Waals surface area contributed by atoms with Crippen LogP contribution in [0.3, 0.4) is 0 Å². The Morgan fingerprint density at radius 2 is 1.85 bits per heavy atom. The molecule has 2 amide bonds. The van der Waals surface area contributed by atoms with Crippen LogP contribution in [0.25, 0.3) is 0 Å². The zero-order valence-corrected chi connectivity index (χ0v) is 19.0. The molecule has 182 valence electrons. The quantitative estimate of drug-likeness (QED) is 0.676. The van der Waals surface area contributed by atoms with E-state index in [4.69, 9.17) is 19.5 Å². The van der Waals surface area contributed by atoms with Crippen molar-refractivity contribution in [3.8, 4) is 17.6 Å². The Labute approximate surface area is 195 Å². The van der Waals surface area contributed by atoms with Crippen LogP contribution in [0.4, 0.5) is 29.3 Å². The second-order valence-corrected chi connectivity index (χ2v) is 7.59. The molecule has 1 aliphatic heterocycles. The number of halogens is 3. The topological polar surface area (TPSA) is 87.1 Å². The Kier molecular flexibility index (Phi) is 7.73. The summed E-state index contributed by atoms with van der Waals surface area (Å²) in [5.41, 5.74) is -0.586. The Morgan fingerprint density at radius 1 is 1.12 bits per heavy atom. The molecule has 0 aliphatic carbocycles. The zero-order chi connectivity index (χ0) is 24.9. The number of methoxy groups -OCH3 is 3. The number of amides is 2. The summed E-state index contributed by atoms with van der Waals surface area (Å²) in [7, 11) is 4.49. The van der Waals surface area contributed by atoms with Gasteiger partial charge in [0.2, 0.25) is 0 Å². The Hall–Kier alpha value is -3.65. The van der Waals surface area contributed by atoms with Crippen molar-refractivity contribution in [3.05, 3.63) is 47.5 Å². The van der Waals surface area contributed by atoms with Gasteiger partial charge in [0.25, 0.3) is 0 Å². The first-order valence-electron chi connectivity index (χ1n) is 10.4. The number of anilines is 2. The van der Waals surface area contributed by atoms with E-state index in [1.54, 1.807) is 34.1 Å². The number of urea groups is 1. The summed E-state index contributed by atoms with van der Waals surface area (Å²) in [6.45, 7) is 1.02. The molecule has 0 saturated carbocycles. The van der Waals surface area contributed by atoms with Crippen molar-refractivity contribution in [1.29, 1.82) is 5.26 Å². The molecule has 0 aromatic heterocycles. The predicted octanol–water partition coefficient (Wildman–Crippen LogP) is 3.96. The summed E-state index contributed by atoms with van der Waals surface area (Å²) in [6.07, 6.45) is -4.64. The molecule has 0 radical (unpaired) electrons. The third kappa shape index (κ3) is 5.46. The lowest BCUT2D eigenvalue weighted by Gasteiger charge is -2.42. The number of nitrogens with one attached hydrogen (secondary N) is 1. The van der Waals surface area contributed by atoms with E-state index in [0.717, 1.165) is 6.07 Å². The first-order chi connectivity index (χ1) is 16.2. The van der Waals surface area contributed by atoms with Gasteiger partial charge < -0.3 is 29.3 Å².